The largest absolute Gasteiger partial charge is 0.330 e. The summed E-state index contributed by atoms with van der Waals surface area (Å²) >= 11 is 0. The zero-order valence-corrected chi connectivity index (χ0v) is 12.1. The maximum absolute atomic E-state index is 14.0. The first-order chi connectivity index (χ1) is 9.58. The Hall–Kier alpha value is -1.42. The summed E-state index contributed by atoms with van der Waals surface area (Å²) in [6, 6.07) is 6.47. The van der Waals surface area contributed by atoms with Crippen LogP contribution in [0.25, 0.3) is 0 Å². The molecule has 0 spiro atoms. The highest BCUT2D eigenvalue weighted by Gasteiger charge is 2.39. The van der Waals surface area contributed by atoms with Gasteiger partial charge in [-0.1, -0.05) is 31.9 Å². The third-order valence-corrected chi connectivity index (χ3v) is 4.20. The van der Waals surface area contributed by atoms with Gasteiger partial charge in [0.25, 0.3) is 0 Å². The summed E-state index contributed by atoms with van der Waals surface area (Å²) < 4.78 is 14.0. The number of carbonyl (C=O) groups excluding carboxylic acids is 1. The van der Waals surface area contributed by atoms with Gasteiger partial charge in [-0.2, -0.15) is 0 Å². The van der Waals surface area contributed by atoms with Crippen LogP contribution in [-0.4, -0.2) is 19.0 Å². The zero-order chi connectivity index (χ0) is 14.6. The molecule has 2 N–H and O–H groups in total. The fraction of sp³-hybridized carbons (Fsp3) is 0.562. The van der Waals surface area contributed by atoms with Crippen molar-refractivity contribution in [2.45, 2.75) is 39.0 Å². The van der Waals surface area contributed by atoms with Crippen molar-refractivity contribution >= 4 is 11.6 Å². The molecule has 1 amide bonds. The summed E-state index contributed by atoms with van der Waals surface area (Å²) in [6.45, 7) is 2.97. The van der Waals surface area contributed by atoms with Crippen molar-refractivity contribution in [1.82, 2.24) is 0 Å². The Labute approximate surface area is 120 Å². The van der Waals surface area contributed by atoms with Crippen molar-refractivity contribution < 1.29 is 9.18 Å². The minimum atomic E-state index is -0.350. The van der Waals surface area contributed by atoms with Gasteiger partial charge in [0.15, 0.2) is 0 Å². The molecule has 0 atom stereocenters. The predicted octanol–water partition coefficient (Wildman–Crippen LogP) is 3.09. The van der Waals surface area contributed by atoms with Crippen molar-refractivity contribution in [1.29, 1.82) is 0 Å². The van der Waals surface area contributed by atoms with Gasteiger partial charge in [0.05, 0.1) is 5.69 Å². The second-order valence-corrected chi connectivity index (χ2v) is 5.82. The Morgan fingerprint density at radius 1 is 1.35 bits per heavy atom. The monoisotopic (exact) mass is 278 g/mol. The van der Waals surface area contributed by atoms with Crippen molar-refractivity contribution in [2.24, 2.45) is 11.1 Å². The number of halogens is 1. The van der Waals surface area contributed by atoms with Gasteiger partial charge in [0.2, 0.25) is 5.91 Å². The lowest BCUT2D eigenvalue weighted by Crippen LogP contribution is -2.42. The molecular weight excluding hydrogens is 255 g/mol. The lowest BCUT2D eigenvalue weighted by Gasteiger charge is -2.32. The number of benzene rings is 1. The summed E-state index contributed by atoms with van der Waals surface area (Å²) in [6.07, 6.45) is 4.60. The molecule has 1 saturated carbocycles. The van der Waals surface area contributed by atoms with E-state index in [0.29, 0.717) is 25.2 Å². The van der Waals surface area contributed by atoms with Crippen LogP contribution in [0.2, 0.25) is 0 Å². The minimum Gasteiger partial charge on any atom is -0.330 e. The van der Waals surface area contributed by atoms with Crippen molar-refractivity contribution in [2.75, 3.05) is 18.0 Å². The summed E-state index contributed by atoms with van der Waals surface area (Å²) in [5, 5.41) is 0. The maximum atomic E-state index is 14.0. The van der Waals surface area contributed by atoms with Crippen LogP contribution in [0.1, 0.15) is 39.0 Å². The number of hydrogen-bond acceptors (Lipinski definition) is 2. The van der Waals surface area contributed by atoms with Crippen LogP contribution in [0.4, 0.5) is 10.1 Å². The van der Waals surface area contributed by atoms with E-state index in [1.165, 1.54) is 6.07 Å². The number of rotatable bonds is 5. The third kappa shape index (κ3) is 3.01. The molecule has 0 heterocycles. The van der Waals surface area contributed by atoms with Gasteiger partial charge in [0, 0.05) is 12.0 Å². The van der Waals surface area contributed by atoms with E-state index in [2.05, 4.69) is 0 Å². The van der Waals surface area contributed by atoms with Gasteiger partial charge in [-0.15, -0.1) is 0 Å². The highest BCUT2D eigenvalue weighted by molar-refractivity contribution is 5.97. The molecule has 0 saturated heterocycles. The molecule has 1 fully saturated rings. The van der Waals surface area contributed by atoms with E-state index in [-0.39, 0.29) is 17.1 Å². The summed E-state index contributed by atoms with van der Waals surface area (Å²) in [5.74, 6) is -0.312. The number of amides is 1. The lowest BCUT2D eigenvalue weighted by atomic mass is 9.87. The molecule has 0 unspecified atom stereocenters. The molecule has 0 radical (unpaired) electrons. The molecule has 0 aliphatic heterocycles. The lowest BCUT2D eigenvalue weighted by molar-refractivity contribution is -0.127. The van der Waals surface area contributed by atoms with Gasteiger partial charge in [-0.05, 0) is 37.9 Å². The van der Waals surface area contributed by atoms with Crippen LogP contribution in [0, 0.1) is 11.2 Å². The molecule has 110 valence electrons. The minimum absolute atomic E-state index is 0.0357. The summed E-state index contributed by atoms with van der Waals surface area (Å²) in [5.41, 5.74) is 5.57. The number of carbonyl (C=O) groups is 1. The van der Waals surface area contributed by atoms with E-state index in [1.54, 1.807) is 23.1 Å². The average molecular weight is 278 g/mol. The Kier molecular flexibility index (Phi) is 4.76. The third-order valence-electron chi connectivity index (χ3n) is 4.20. The van der Waals surface area contributed by atoms with E-state index in [4.69, 9.17) is 5.73 Å². The van der Waals surface area contributed by atoms with Crippen LogP contribution in [0.5, 0.6) is 0 Å². The van der Waals surface area contributed by atoms with Gasteiger partial charge in [-0.25, -0.2) is 4.39 Å². The highest BCUT2D eigenvalue weighted by atomic mass is 19.1. The van der Waals surface area contributed by atoms with Crippen LogP contribution < -0.4 is 10.6 Å². The number of nitrogens with zero attached hydrogens (tertiary/aromatic N) is 1. The first kappa shape index (κ1) is 15.0. The summed E-state index contributed by atoms with van der Waals surface area (Å²) in [4.78, 5) is 14.4. The number of nitrogens with two attached hydrogens (primary N) is 1. The molecule has 0 bridgehead atoms. The predicted molar refractivity (Wildman–Crippen MR) is 79.0 cm³/mol. The van der Waals surface area contributed by atoms with E-state index in [0.717, 1.165) is 25.7 Å². The fourth-order valence-corrected chi connectivity index (χ4v) is 2.95. The van der Waals surface area contributed by atoms with Gasteiger partial charge >= 0.3 is 0 Å². The topological polar surface area (TPSA) is 46.3 Å². The van der Waals surface area contributed by atoms with Crippen molar-refractivity contribution in [3.8, 4) is 0 Å². The van der Waals surface area contributed by atoms with Crippen LogP contribution >= 0.6 is 0 Å². The smallest absolute Gasteiger partial charge is 0.233 e. The number of hydrogen-bond donors (Lipinski definition) is 1. The van der Waals surface area contributed by atoms with Gasteiger partial charge in [-0.3, -0.25) is 4.79 Å². The summed E-state index contributed by atoms with van der Waals surface area (Å²) in [7, 11) is 0. The van der Waals surface area contributed by atoms with E-state index in [9.17, 15) is 9.18 Å². The second kappa shape index (κ2) is 6.35. The zero-order valence-electron chi connectivity index (χ0n) is 12.1. The quantitative estimate of drug-likeness (QED) is 0.899. The average Bonchev–Trinajstić information content (AvgIpc) is 2.89. The SMILES string of the molecule is CC1(C(=O)N(CCCN)c2ccccc2F)CCCC1. The second-order valence-electron chi connectivity index (χ2n) is 5.82. The first-order valence-electron chi connectivity index (χ1n) is 7.35. The molecule has 1 aliphatic rings. The Morgan fingerprint density at radius 3 is 2.60 bits per heavy atom. The Bertz CT molecular complexity index is 469. The standard InChI is InChI=1S/C16H23FN2O/c1-16(9-4-5-10-16)15(20)19(12-6-11-18)14-8-3-2-7-13(14)17/h2-3,7-8H,4-6,9-12,18H2,1H3. The molecule has 3 nitrogen and oxygen atoms in total. The van der Waals surface area contributed by atoms with Crippen molar-refractivity contribution in [3.05, 3.63) is 30.1 Å². The van der Waals surface area contributed by atoms with E-state index >= 15 is 0 Å². The Morgan fingerprint density at radius 2 is 2.00 bits per heavy atom. The number of anilines is 1. The van der Waals surface area contributed by atoms with E-state index < -0.39 is 0 Å². The molecule has 1 aliphatic carbocycles. The molecular formula is C16H23FN2O. The molecule has 4 heteroatoms. The first-order valence-corrected chi connectivity index (χ1v) is 7.35. The van der Waals surface area contributed by atoms with E-state index in [1.807, 2.05) is 6.92 Å². The highest BCUT2D eigenvalue weighted by Crippen LogP contribution is 2.40. The van der Waals surface area contributed by atoms with Gasteiger partial charge < -0.3 is 10.6 Å². The molecule has 20 heavy (non-hydrogen) atoms. The van der Waals surface area contributed by atoms with Crippen LogP contribution in [-0.2, 0) is 4.79 Å². The molecule has 1 aromatic carbocycles. The van der Waals surface area contributed by atoms with Crippen LogP contribution in [0.3, 0.4) is 0 Å². The molecule has 1 aromatic rings. The fourth-order valence-electron chi connectivity index (χ4n) is 2.95. The normalized spacial score (nSPS) is 17.1. The number of para-hydroxylation sites is 1. The molecule has 0 aromatic heterocycles. The van der Waals surface area contributed by atoms with Gasteiger partial charge in [0.1, 0.15) is 5.82 Å². The maximum Gasteiger partial charge on any atom is 0.233 e. The Balaban J connectivity index is 2.28. The van der Waals surface area contributed by atoms with Crippen molar-refractivity contribution in [3.63, 3.8) is 0 Å². The van der Waals surface area contributed by atoms with Crippen LogP contribution in [0.15, 0.2) is 24.3 Å². The molecule has 2 rings (SSSR count).